The number of hydrogen-bond donors (Lipinski definition) is 2. The van der Waals surface area contributed by atoms with Gasteiger partial charge in [0.1, 0.15) is 6.23 Å². The standard InChI is InChI=1S/C24H23F6NO2/c1-14-7-8-20(19-6-4-3-5-18(14)19)22(2,32)12-21(31)33-13-15-9-16(23(25,26)27)11-17(10-15)24(28,29)30/h3-11,21,32H,12-13,31H2,1-2H3. The summed E-state index contributed by atoms with van der Waals surface area (Å²) in [6, 6.07) is 12.3. The summed E-state index contributed by atoms with van der Waals surface area (Å²) in [4.78, 5) is 0. The third kappa shape index (κ3) is 5.85. The molecule has 2 atom stereocenters. The molecule has 3 aromatic carbocycles. The molecule has 3 nitrogen and oxygen atoms in total. The van der Waals surface area contributed by atoms with Gasteiger partial charge in [-0.15, -0.1) is 0 Å². The molecule has 3 aromatic rings. The molecule has 3 rings (SSSR count). The Bertz CT molecular complexity index is 1110. The van der Waals surface area contributed by atoms with Crippen LogP contribution in [0.2, 0.25) is 0 Å². The van der Waals surface area contributed by atoms with Crippen LogP contribution in [0.1, 0.15) is 41.2 Å². The first-order valence-electron chi connectivity index (χ1n) is 10.1. The van der Waals surface area contributed by atoms with Gasteiger partial charge < -0.3 is 15.6 Å². The number of ether oxygens (including phenoxy) is 1. The van der Waals surface area contributed by atoms with Crippen LogP contribution in [0.3, 0.4) is 0 Å². The van der Waals surface area contributed by atoms with Crippen molar-refractivity contribution in [2.75, 3.05) is 0 Å². The minimum Gasteiger partial charge on any atom is -0.385 e. The van der Waals surface area contributed by atoms with Crippen LogP contribution >= 0.6 is 0 Å². The van der Waals surface area contributed by atoms with E-state index in [0.29, 0.717) is 17.7 Å². The summed E-state index contributed by atoms with van der Waals surface area (Å²) in [6.07, 6.45) is -11.2. The predicted octanol–water partition coefficient (Wildman–Crippen LogP) is 6.29. The topological polar surface area (TPSA) is 55.5 Å². The van der Waals surface area contributed by atoms with Crippen molar-refractivity contribution in [2.24, 2.45) is 5.73 Å². The number of alkyl halides is 6. The minimum absolute atomic E-state index is 0.0523. The maximum Gasteiger partial charge on any atom is 0.416 e. The number of aryl methyl sites for hydroxylation is 1. The van der Waals surface area contributed by atoms with Crippen LogP contribution in [0.5, 0.6) is 0 Å². The van der Waals surface area contributed by atoms with E-state index in [4.69, 9.17) is 10.5 Å². The quantitative estimate of drug-likeness (QED) is 0.328. The van der Waals surface area contributed by atoms with Gasteiger partial charge in [-0.1, -0.05) is 36.4 Å². The Morgan fingerprint density at radius 2 is 1.42 bits per heavy atom. The maximum absolute atomic E-state index is 13.0. The molecule has 0 saturated carbocycles. The van der Waals surface area contributed by atoms with Gasteiger partial charge in [0.05, 0.1) is 23.3 Å². The second-order valence-electron chi connectivity index (χ2n) is 8.22. The van der Waals surface area contributed by atoms with Gasteiger partial charge >= 0.3 is 12.4 Å². The zero-order valence-electron chi connectivity index (χ0n) is 17.9. The highest BCUT2D eigenvalue weighted by Gasteiger charge is 2.37. The molecule has 33 heavy (non-hydrogen) atoms. The van der Waals surface area contributed by atoms with Crippen LogP contribution in [0.25, 0.3) is 10.8 Å². The van der Waals surface area contributed by atoms with Gasteiger partial charge in [0.15, 0.2) is 0 Å². The third-order valence-corrected chi connectivity index (χ3v) is 5.43. The van der Waals surface area contributed by atoms with Gasteiger partial charge in [-0.25, -0.2) is 0 Å². The minimum atomic E-state index is -4.95. The van der Waals surface area contributed by atoms with Gasteiger partial charge in [-0.2, -0.15) is 26.3 Å². The van der Waals surface area contributed by atoms with E-state index in [-0.39, 0.29) is 18.1 Å². The smallest absolute Gasteiger partial charge is 0.385 e. The van der Waals surface area contributed by atoms with E-state index in [1.165, 1.54) is 6.92 Å². The number of aliphatic hydroxyl groups is 1. The van der Waals surface area contributed by atoms with Crippen molar-refractivity contribution in [1.29, 1.82) is 0 Å². The van der Waals surface area contributed by atoms with Crippen LogP contribution in [-0.2, 0) is 29.3 Å². The first kappa shape index (κ1) is 25.0. The number of benzene rings is 3. The number of hydrogen-bond acceptors (Lipinski definition) is 3. The Morgan fingerprint density at radius 3 is 1.97 bits per heavy atom. The second kappa shape index (κ2) is 8.96. The maximum atomic E-state index is 13.0. The molecule has 0 radical (unpaired) electrons. The number of rotatable bonds is 6. The Kier molecular flexibility index (Phi) is 6.79. The summed E-state index contributed by atoms with van der Waals surface area (Å²) in [6.45, 7) is 2.87. The summed E-state index contributed by atoms with van der Waals surface area (Å²) >= 11 is 0. The van der Waals surface area contributed by atoms with E-state index in [2.05, 4.69) is 0 Å². The van der Waals surface area contributed by atoms with E-state index in [9.17, 15) is 31.4 Å². The molecule has 0 aliphatic carbocycles. The summed E-state index contributed by atoms with van der Waals surface area (Å²) < 4.78 is 83.6. The largest absolute Gasteiger partial charge is 0.416 e. The molecular formula is C24H23F6NO2. The van der Waals surface area contributed by atoms with Crippen molar-refractivity contribution in [2.45, 2.75) is 51.1 Å². The third-order valence-electron chi connectivity index (χ3n) is 5.43. The Labute approximate surface area is 186 Å². The number of fused-ring (bicyclic) bond motifs is 1. The van der Waals surface area contributed by atoms with Crippen LogP contribution in [0.15, 0.2) is 54.6 Å². The van der Waals surface area contributed by atoms with E-state index < -0.39 is 41.9 Å². The Balaban J connectivity index is 1.79. The van der Waals surface area contributed by atoms with Crippen molar-refractivity contribution in [3.05, 3.63) is 82.4 Å². The lowest BCUT2D eigenvalue weighted by atomic mass is 9.86. The molecule has 0 fully saturated rings. The molecule has 0 aromatic heterocycles. The Hall–Kier alpha value is -2.62. The summed E-state index contributed by atoms with van der Waals surface area (Å²) in [5.74, 6) is 0. The fourth-order valence-electron chi connectivity index (χ4n) is 3.79. The zero-order valence-corrected chi connectivity index (χ0v) is 17.9. The highest BCUT2D eigenvalue weighted by molar-refractivity contribution is 5.89. The first-order valence-corrected chi connectivity index (χ1v) is 10.1. The molecule has 0 aliphatic rings. The fraction of sp³-hybridized carbons (Fsp3) is 0.333. The van der Waals surface area contributed by atoms with Gasteiger partial charge in [0, 0.05) is 6.42 Å². The molecule has 3 N–H and O–H groups in total. The first-order chi connectivity index (χ1) is 15.2. The summed E-state index contributed by atoms with van der Waals surface area (Å²) in [7, 11) is 0. The molecule has 0 aliphatic heterocycles. The van der Waals surface area contributed by atoms with Crippen LogP contribution in [0.4, 0.5) is 26.3 Å². The molecule has 0 spiro atoms. The average molecular weight is 471 g/mol. The van der Waals surface area contributed by atoms with E-state index in [1.807, 2.05) is 37.3 Å². The van der Waals surface area contributed by atoms with Crippen molar-refractivity contribution in [3.8, 4) is 0 Å². The van der Waals surface area contributed by atoms with E-state index >= 15 is 0 Å². The monoisotopic (exact) mass is 471 g/mol. The lowest BCUT2D eigenvalue weighted by Gasteiger charge is -2.29. The molecule has 0 bridgehead atoms. The van der Waals surface area contributed by atoms with Crippen molar-refractivity contribution < 1.29 is 36.2 Å². The summed E-state index contributed by atoms with van der Waals surface area (Å²) in [5, 5.41) is 12.8. The van der Waals surface area contributed by atoms with Gasteiger partial charge in [-0.05, 0) is 59.5 Å². The van der Waals surface area contributed by atoms with Gasteiger partial charge in [0.25, 0.3) is 0 Å². The predicted molar refractivity (Wildman–Crippen MR) is 112 cm³/mol. The summed E-state index contributed by atoms with van der Waals surface area (Å²) in [5.41, 5.74) is 2.89. The van der Waals surface area contributed by atoms with Crippen molar-refractivity contribution >= 4 is 10.8 Å². The average Bonchev–Trinajstić information content (AvgIpc) is 2.70. The zero-order chi connectivity index (χ0) is 24.6. The highest BCUT2D eigenvalue weighted by atomic mass is 19.4. The SMILES string of the molecule is Cc1ccc(C(C)(O)CC(N)OCc2cc(C(F)(F)F)cc(C(F)(F)F)c2)c2ccccc12. The molecule has 0 heterocycles. The molecule has 2 unspecified atom stereocenters. The highest BCUT2D eigenvalue weighted by Crippen LogP contribution is 2.37. The van der Waals surface area contributed by atoms with Crippen molar-refractivity contribution in [3.63, 3.8) is 0 Å². The molecule has 9 heteroatoms. The van der Waals surface area contributed by atoms with E-state index in [1.54, 1.807) is 6.07 Å². The lowest BCUT2D eigenvalue weighted by Crippen LogP contribution is -2.34. The van der Waals surface area contributed by atoms with E-state index in [0.717, 1.165) is 16.3 Å². The lowest BCUT2D eigenvalue weighted by molar-refractivity contribution is -0.143. The number of nitrogens with two attached hydrogens (primary N) is 1. The second-order valence-corrected chi connectivity index (χ2v) is 8.22. The van der Waals surface area contributed by atoms with Crippen LogP contribution < -0.4 is 5.73 Å². The molecule has 178 valence electrons. The Morgan fingerprint density at radius 1 is 0.879 bits per heavy atom. The normalized spacial score (nSPS) is 15.5. The van der Waals surface area contributed by atoms with Crippen molar-refractivity contribution in [1.82, 2.24) is 0 Å². The molecule has 0 saturated heterocycles. The van der Waals surface area contributed by atoms with Gasteiger partial charge in [-0.3, -0.25) is 0 Å². The van der Waals surface area contributed by atoms with Crippen LogP contribution in [-0.4, -0.2) is 11.3 Å². The van der Waals surface area contributed by atoms with Crippen LogP contribution in [0, 0.1) is 6.92 Å². The molecule has 0 amide bonds. The van der Waals surface area contributed by atoms with Gasteiger partial charge in [0.2, 0.25) is 0 Å². The molecular weight excluding hydrogens is 448 g/mol. The fourth-order valence-corrected chi connectivity index (χ4v) is 3.79. The number of halogens is 6.